The fourth-order valence-electron chi connectivity index (χ4n) is 7.33. The van der Waals surface area contributed by atoms with E-state index in [0.717, 1.165) is 50.0 Å². The fourth-order valence-corrected chi connectivity index (χ4v) is 7.33. The van der Waals surface area contributed by atoms with E-state index in [1.165, 1.54) is 32.5 Å². The minimum absolute atomic E-state index is 0.634. The highest BCUT2D eigenvalue weighted by molar-refractivity contribution is 6.26. The third-order valence-corrected chi connectivity index (χ3v) is 10.1. The Morgan fingerprint density at radius 2 is 0.722 bits per heavy atom. The van der Waals surface area contributed by atoms with Crippen LogP contribution in [0.5, 0.6) is 0 Å². The lowest BCUT2D eigenvalue weighted by molar-refractivity contribution is 1.07. The van der Waals surface area contributed by atoms with Gasteiger partial charge in [-0.1, -0.05) is 140 Å². The van der Waals surface area contributed by atoms with E-state index in [4.69, 9.17) is 19.9 Å². The molecule has 0 fully saturated rings. The average molecular weight is 690 g/mol. The minimum atomic E-state index is 0.634. The molecule has 54 heavy (non-hydrogen) atoms. The maximum absolute atomic E-state index is 5.09. The van der Waals surface area contributed by atoms with Crippen LogP contribution in [-0.4, -0.2) is 24.9 Å². The maximum Gasteiger partial charge on any atom is 0.164 e. The van der Waals surface area contributed by atoms with E-state index < -0.39 is 0 Å². The molecule has 0 unspecified atom stereocenters. The number of pyridine rings is 2. The Morgan fingerprint density at radius 1 is 0.278 bits per heavy atom. The summed E-state index contributed by atoms with van der Waals surface area (Å²) in [5.74, 6) is 1.91. The Labute approximate surface area is 312 Å². The fraction of sp³-hybridized carbons (Fsp3) is 0. The number of fused-ring (bicyclic) bond motifs is 6. The van der Waals surface area contributed by atoms with Gasteiger partial charge in [0.1, 0.15) is 0 Å². The van der Waals surface area contributed by atoms with Crippen LogP contribution in [0.15, 0.2) is 188 Å². The van der Waals surface area contributed by atoms with Crippen molar-refractivity contribution in [2.24, 2.45) is 0 Å². The Kier molecular flexibility index (Phi) is 7.73. The average Bonchev–Trinajstić information content (AvgIpc) is 3.27. The first kappa shape index (κ1) is 31.4. The van der Waals surface area contributed by atoms with Crippen LogP contribution in [0.1, 0.15) is 0 Å². The summed E-state index contributed by atoms with van der Waals surface area (Å²) in [5.41, 5.74) is 9.31. The van der Waals surface area contributed by atoms with E-state index in [1.54, 1.807) is 12.4 Å². The number of nitrogens with zero attached hydrogens (tertiary/aromatic N) is 5. The van der Waals surface area contributed by atoms with Gasteiger partial charge in [0.25, 0.3) is 0 Å². The third-order valence-electron chi connectivity index (χ3n) is 10.1. The zero-order valence-electron chi connectivity index (χ0n) is 29.1. The van der Waals surface area contributed by atoms with E-state index in [9.17, 15) is 0 Å². The zero-order chi connectivity index (χ0) is 35.8. The lowest BCUT2D eigenvalue weighted by Gasteiger charge is -2.14. The maximum atomic E-state index is 5.09. The number of hydrogen-bond donors (Lipinski definition) is 0. The van der Waals surface area contributed by atoms with Gasteiger partial charge in [0.2, 0.25) is 0 Å². The molecule has 5 nitrogen and oxygen atoms in total. The summed E-state index contributed by atoms with van der Waals surface area (Å²) < 4.78 is 0. The van der Waals surface area contributed by atoms with Crippen LogP contribution in [-0.2, 0) is 0 Å². The Balaban J connectivity index is 1.09. The monoisotopic (exact) mass is 689 g/mol. The first-order valence-corrected chi connectivity index (χ1v) is 18.0. The van der Waals surface area contributed by atoms with Crippen LogP contribution in [0.3, 0.4) is 0 Å². The van der Waals surface area contributed by atoms with Gasteiger partial charge >= 0.3 is 0 Å². The molecular formula is C49H31N5. The van der Waals surface area contributed by atoms with Gasteiger partial charge in [-0.25, -0.2) is 15.0 Å². The van der Waals surface area contributed by atoms with Crippen LogP contribution in [0.2, 0.25) is 0 Å². The van der Waals surface area contributed by atoms with E-state index in [2.05, 4.69) is 126 Å². The molecule has 10 rings (SSSR count). The molecule has 0 aliphatic carbocycles. The zero-order valence-corrected chi connectivity index (χ0v) is 29.1. The molecule has 5 heteroatoms. The van der Waals surface area contributed by atoms with E-state index >= 15 is 0 Å². The standard InChI is InChI=1S/C49H31N5/c1-3-9-32(10-4-1)33-15-17-36(18-16-33)48-52-47(35-11-5-2-6-12-35)53-49(54-48)38-20-23-43-42-22-19-37(29-44(42)40-13-7-8-14-41(40)45(43)30-38)39-21-24-46(51-31-39)34-25-27-50-28-26-34/h1-31H. The van der Waals surface area contributed by atoms with Gasteiger partial charge in [0, 0.05) is 46.4 Å². The summed E-state index contributed by atoms with van der Waals surface area (Å²) in [6.45, 7) is 0. The Bertz CT molecular complexity index is 2930. The van der Waals surface area contributed by atoms with Gasteiger partial charge in [0.15, 0.2) is 17.5 Å². The van der Waals surface area contributed by atoms with Gasteiger partial charge in [-0.3, -0.25) is 9.97 Å². The predicted molar refractivity (Wildman–Crippen MR) is 221 cm³/mol. The minimum Gasteiger partial charge on any atom is -0.265 e. The second-order valence-electron chi connectivity index (χ2n) is 13.3. The highest BCUT2D eigenvalue weighted by atomic mass is 15.0. The van der Waals surface area contributed by atoms with Crippen molar-refractivity contribution < 1.29 is 0 Å². The van der Waals surface area contributed by atoms with Gasteiger partial charge in [0.05, 0.1) is 5.69 Å². The van der Waals surface area contributed by atoms with Crippen LogP contribution in [0.4, 0.5) is 0 Å². The summed E-state index contributed by atoms with van der Waals surface area (Å²) in [6, 6.07) is 59.1. The van der Waals surface area contributed by atoms with E-state index in [0.29, 0.717) is 17.5 Å². The van der Waals surface area contributed by atoms with Gasteiger partial charge in [-0.05, 0) is 79.3 Å². The quantitative estimate of drug-likeness (QED) is 0.163. The molecule has 0 atom stereocenters. The normalized spacial score (nSPS) is 11.3. The van der Waals surface area contributed by atoms with Crippen molar-refractivity contribution in [3.05, 3.63) is 188 Å². The van der Waals surface area contributed by atoms with E-state index in [1.807, 2.05) is 54.7 Å². The van der Waals surface area contributed by atoms with Crippen molar-refractivity contribution in [1.29, 1.82) is 0 Å². The Morgan fingerprint density at radius 3 is 1.33 bits per heavy atom. The van der Waals surface area contributed by atoms with Crippen LogP contribution in [0, 0.1) is 0 Å². The molecule has 3 aromatic heterocycles. The van der Waals surface area contributed by atoms with Crippen molar-refractivity contribution in [2.45, 2.75) is 0 Å². The number of rotatable bonds is 6. The highest BCUT2D eigenvalue weighted by Gasteiger charge is 2.16. The van der Waals surface area contributed by atoms with Crippen molar-refractivity contribution in [3.8, 4) is 67.7 Å². The number of benzene rings is 7. The highest BCUT2D eigenvalue weighted by Crippen LogP contribution is 2.39. The number of hydrogen-bond acceptors (Lipinski definition) is 5. The second-order valence-corrected chi connectivity index (χ2v) is 13.3. The molecule has 0 N–H and O–H groups in total. The molecule has 0 bridgehead atoms. The first-order valence-electron chi connectivity index (χ1n) is 18.0. The van der Waals surface area contributed by atoms with Gasteiger partial charge in [-0.2, -0.15) is 0 Å². The molecule has 0 radical (unpaired) electrons. The van der Waals surface area contributed by atoms with Crippen LogP contribution < -0.4 is 0 Å². The second kappa shape index (κ2) is 13.3. The lowest BCUT2D eigenvalue weighted by Crippen LogP contribution is -2.00. The Hall–Kier alpha value is -7.37. The van der Waals surface area contributed by atoms with Crippen molar-refractivity contribution in [2.75, 3.05) is 0 Å². The third kappa shape index (κ3) is 5.74. The number of aromatic nitrogens is 5. The molecule has 7 aromatic carbocycles. The molecule has 0 spiro atoms. The van der Waals surface area contributed by atoms with Crippen molar-refractivity contribution in [1.82, 2.24) is 24.9 Å². The molecule has 0 aliphatic rings. The first-order chi connectivity index (χ1) is 26.7. The largest absolute Gasteiger partial charge is 0.265 e. The summed E-state index contributed by atoms with van der Waals surface area (Å²) in [5, 5.41) is 7.11. The lowest BCUT2D eigenvalue weighted by atomic mass is 9.91. The summed E-state index contributed by atoms with van der Waals surface area (Å²) in [4.78, 5) is 24.0. The molecule has 0 saturated heterocycles. The van der Waals surface area contributed by atoms with Crippen LogP contribution in [0.25, 0.3) is 100.0 Å². The van der Waals surface area contributed by atoms with Gasteiger partial charge < -0.3 is 0 Å². The molecule has 10 aromatic rings. The van der Waals surface area contributed by atoms with E-state index in [-0.39, 0.29) is 0 Å². The van der Waals surface area contributed by atoms with Gasteiger partial charge in [-0.15, -0.1) is 0 Å². The SMILES string of the molecule is c1ccc(-c2ccc(-c3nc(-c4ccccc4)nc(-c4ccc5c6ccc(-c7ccc(-c8ccncc8)nc7)cc6c6ccccc6c5c4)n3)cc2)cc1. The smallest absolute Gasteiger partial charge is 0.164 e. The molecule has 252 valence electrons. The van der Waals surface area contributed by atoms with Crippen molar-refractivity contribution >= 4 is 32.3 Å². The molecule has 0 saturated carbocycles. The summed E-state index contributed by atoms with van der Waals surface area (Å²) in [7, 11) is 0. The summed E-state index contributed by atoms with van der Waals surface area (Å²) in [6.07, 6.45) is 5.54. The molecule has 3 heterocycles. The molecule has 0 amide bonds. The topological polar surface area (TPSA) is 64.5 Å². The van der Waals surface area contributed by atoms with Crippen LogP contribution >= 0.6 is 0 Å². The summed E-state index contributed by atoms with van der Waals surface area (Å²) >= 11 is 0. The van der Waals surface area contributed by atoms with Crippen molar-refractivity contribution in [3.63, 3.8) is 0 Å². The molecule has 0 aliphatic heterocycles. The predicted octanol–water partition coefficient (Wildman–Crippen LogP) is 12.1. The molecular weight excluding hydrogens is 659 g/mol.